The van der Waals surface area contributed by atoms with Crippen LogP contribution in [0.25, 0.3) is 0 Å². The Morgan fingerprint density at radius 3 is 2.32 bits per heavy atom. The standard InChI is InChI=1S/C20H26N2O4S.ClH/c1-25-18-8-9-19(26-2)20(14-18)27(23,24)21-17-10-12-22(13-11-17)15-16-6-4-3-5-7-16;/h3-9,14,17,21H,10-13,15H2,1-2H3;1H. The first-order chi connectivity index (χ1) is 13.0. The third kappa shape index (κ3) is 5.61. The van der Waals surface area contributed by atoms with Gasteiger partial charge in [-0.05, 0) is 30.5 Å². The summed E-state index contributed by atoms with van der Waals surface area (Å²) in [5.41, 5.74) is 1.28. The average molecular weight is 427 g/mol. The molecular formula is C20H27ClN2O4S. The summed E-state index contributed by atoms with van der Waals surface area (Å²) in [7, 11) is -0.716. The molecule has 1 fully saturated rings. The van der Waals surface area contributed by atoms with Gasteiger partial charge in [0.2, 0.25) is 10.0 Å². The molecule has 0 radical (unpaired) electrons. The van der Waals surface area contributed by atoms with Crippen molar-refractivity contribution in [3.8, 4) is 11.5 Å². The van der Waals surface area contributed by atoms with Crippen LogP contribution in [-0.2, 0) is 16.6 Å². The van der Waals surface area contributed by atoms with Crippen molar-refractivity contribution < 1.29 is 17.9 Å². The van der Waals surface area contributed by atoms with Crippen LogP contribution in [0.1, 0.15) is 18.4 Å². The number of rotatable bonds is 7. The van der Waals surface area contributed by atoms with Gasteiger partial charge in [-0.1, -0.05) is 30.3 Å². The number of nitrogens with one attached hydrogen (secondary N) is 1. The van der Waals surface area contributed by atoms with Gasteiger partial charge in [-0.15, -0.1) is 12.4 Å². The van der Waals surface area contributed by atoms with Crippen molar-refractivity contribution in [2.75, 3.05) is 27.3 Å². The number of hydrogen-bond donors (Lipinski definition) is 1. The Kier molecular flexibility index (Phi) is 8.12. The SMILES string of the molecule is COc1ccc(OC)c(S(=O)(=O)NC2CCN(Cc3ccccc3)CC2)c1.Cl. The topological polar surface area (TPSA) is 67.9 Å². The van der Waals surface area contributed by atoms with Crippen LogP contribution in [-0.4, -0.2) is 46.7 Å². The van der Waals surface area contributed by atoms with E-state index in [0.29, 0.717) is 11.5 Å². The van der Waals surface area contributed by atoms with Crippen LogP contribution in [0, 0.1) is 0 Å². The molecule has 1 aliphatic heterocycles. The minimum atomic E-state index is -3.69. The normalized spacial score (nSPS) is 15.6. The van der Waals surface area contributed by atoms with Crippen LogP contribution >= 0.6 is 12.4 Å². The van der Waals surface area contributed by atoms with E-state index in [1.807, 2.05) is 18.2 Å². The van der Waals surface area contributed by atoms with E-state index < -0.39 is 10.0 Å². The lowest BCUT2D eigenvalue weighted by atomic mass is 10.1. The van der Waals surface area contributed by atoms with Gasteiger partial charge in [0, 0.05) is 31.7 Å². The molecule has 1 aliphatic rings. The van der Waals surface area contributed by atoms with Crippen LogP contribution < -0.4 is 14.2 Å². The van der Waals surface area contributed by atoms with Gasteiger partial charge >= 0.3 is 0 Å². The van der Waals surface area contributed by atoms with Gasteiger partial charge in [0.25, 0.3) is 0 Å². The van der Waals surface area contributed by atoms with E-state index in [0.717, 1.165) is 32.5 Å². The van der Waals surface area contributed by atoms with Crippen molar-refractivity contribution in [3.63, 3.8) is 0 Å². The summed E-state index contributed by atoms with van der Waals surface area (Å²) in [5.74, 6) is 0.790. The Morgan fingerprint density at radius 2 is 1.71 bits per heavy atom. The molecule has 1 heterocycles. The summed E-state index contributed by atoms with van der Waals surface area (Å²) in [6.07, 6.45) is 1.55. The van der Waals surface area contributed by atoms with Gasteiger partial charge in [-0.3, -0.25) is 4.90 Å². The molecule has 1 saturated heterocycles. The summed E-state index contributed by atoms with van der Waals surface area (Å²) in [5, 5.41) is 0. The monoisotopic (exact) mass is 426 g/mol. The van der Waals surface area contributed by atoms with Gasteiger partial charge in [-0.2, -0.15) is 0 Å². The quantitative estimate of drug-likeness (QED) is 0.736. The van der Waals surface area contributed by atoms with Gasteiger partial charge in [0.1, 0.15) is 16.4 Å². The summed E-state index contributed by atoms with van der Waals surface area (Å²) < 4.78 is 38.9. The lowest BCUT2D eigenvalue weighted by Crippen LogP contribution is -2.44. The summed E-state index contributed by atoms with van der Waals surface area (Å²) in [6.45, 7) is 2.61. The smallest absolute Gasteiger partial charge is 0.244 e. The largest absolute Gasteiger partial charge is 0.497 e. The minimum Gasteiger partial charge on any atom is -0.497 e. The summed E-state index contributed by atoms with van der Waals surface area (Å²) in [4.78, 5) is 2.46. The van der Waals surface area contributed by atoms with Gasteiger partial charge in [0.05, 0.1) is 14.2 Å². The zero-order valence-electron chi connectivity index (χ0n) is 16.1. The van der Waals surface area contributed by atoms with E-state index in [4.69, 9.17) is 9.47 Å². The van der Waals surface area contributed by atoms with E-state index in [9.17, 15) is 8.42 Å². The molecule has 2 aromatic carbocycles. The van der Waals surface area contributed by atoms with Crippen LogP contribution in [0.4, 0.5) is 0 Å². The Hall–Kier alpha value is -1.80. The molecule has 0 unspecified atom stereocenters. The van der Waals surface area contributed by atoms with E-state index in [1.165, 1.54) is 25.8 Å². The Labute approximate surface area is 173 Å². The Balaban J connectivity index is 0.00000280. The van der Waals surface area contributed by atoms with E-state index in [-0.39, 0.29) is 23.3 Å². The summed E-state index contributed by atoms with van der Waals surface area (Å²) in [6, 6.07) is 15.0. The van der Waals surface area contributed by atoms with Gasteiger partial charge in [-0.25, -0.2) is 13.1 Å². The molecular weight excluding hydrogens is 400 g/mol. The fourth-order valence-corrected chi connectivity index (χ4v) is 4.82. The van der Waals surface area contributed by atoms with Crippen molar-refractivity contribution in [1.82, 2.24) is 9.62 Å². The predicted molar refractivity (Wildman–Crippen MR) is 112 cm³/mol. The van der Waals surface area contributed by atoms with Crippen LogP contribution in [0.15, 0.2) is 53.4 Å². The van der Waals surface area contributed by atoms with Crippen molar-refractivity contribution in [2.24, 2.45) is 0 Å². The summed E-state index contributed by atoms with van der Waals surface area (Å²) >= 11 is 0. The molecule has 28 heavy (non-hydrogen) atoms. The zero-order chi connectivity index (χ0) is 19.3. The van der Waals surface area contributed by atoms with Crippen molar-refractivity contribution in [1.29, 1.82) is 0 Å². The van der Waals surface area contributed by atoms with Gasteiger partial charge < -0.3 is 9.47 Å². The van der Waals surface area contributed by atoms with Crippen molar-refractivity contribution in [2.45, 2.75) is 30.3 Å². The second kappa shape index (κ2) is 10.1. The van der Waals surface area contributed by atoms with Gasteiger partial charge in [0.15, 0.2) is 0 Å². The number of ether oxygens (including phenoxy) is 2. The molecule has 0 spiro atoms. The minimum absolute atomic E-state index is 0. The first-order valence-electron chi connectivity index (χ1n) is 9.02. The molecule has 0 amide bonds. The maximum atomic E-state index is 12.9. The zero-order valence-corrected chi connectivity index (χ0v) is 17.8. The van der Waals surface area contributed by atoms with Crippen LogP contribution in [0.5, 0.6) is 11.5 Å². The van der Waals surface area contributed by atoms with Crippen LogP contribution in [0.2, 0.25) is 0 Å². The molecule has 2 aromatic rings. The maximum absolute atomic E-state index is 12.9. The Bertz CT molecular complexity index is 854. The molecule has 6 nitrogen and oxygen atoms in total. The highest BCUT2D eigenvalue weighted by atomic mass is 35.5. The maximum Gasteiger partial charge on any atom is 0.244 e. The highest BCUT2D eigenvalue weighted by Gasteiger charge is 2.27. The molecule has 3 rings (SSSR count). The van der Waals surface area contributed by atoms with E-state index in [1.54, 1.807) is 12.1 Å². The number of likely N-dealkylation sites (tertiary alicyclic amines) is 1. The molecule has 8 heteroatoms. The second-order valence-electron chi connectivity index (χ2n) is 6.67. The van der Waals surface area contributed by atoms with Crippen molar-refractivity contribution in [3.05, 3.63) is 54.1 Å². The third-order valence-corrected chi connectivity index (χ3v) is 6.36. The number of benzene rings is 2. The predicted octanol–water partition coefficient (Wildman–Crippen LogP) is 3.07. The van der Waals surface area contributed by atoms with E-state index in [2.05, 4.69) is 21.8 Å². The molecule has 0 aliphatic carbocycles. The first kappa shape index (κ1) is 22.5. The molecule has 0 bridgehead atoms. The second-order valence-corrected chi connectivity index (χ2v) is 8.36. The lowest BCUT2D eigenvalue weighted by Gasteiger charge is -2.32. The average Bonchev–Trinajstić information content (AvgIpc) is 2.69. The third-order valence-electron chi connectivity index (χ3n) is 4.82. The molecule has 0 atom stereocenters. The number of methoxy groups -OCH3 is 2. The highest BCUT2D eigenvalue weighted by molar-refractivity contribution is 7.89. The lowest BCUT2D eigenvalue weighted by molar-refractivity contribution is 0.200. The fourth-order valence-electron chi connectivity index (χ4n) is 3.33. The molecule has 1 N–H and O–H groups in total. The number of halogens is 1. The van der Waals surface area contributed by atoms with E-state index >= 15 is 0 Å². The highest BCUT2D eigenvalue weighted by Crippen LogP contribution is 2.28. The number of sulfonamides is 1. The molecule has 0 aromatic heterocycles. The van der Waals surface area contributed by atoms with Crippen LogP contribution in [0.3, 0.4) is 0 Å². The fraction of sp³-hybridized carbons (Fsp3) is 0.400. The first-order valence-corrected chi connectivity index (χ1v) is 10.5. The molecule has 154 valence electrons. The number of piperidine rings is 1. The molecule has 0 saturated carbocycles. The number of nitrogens with zero attached hydrogens (tertiary/aromatic N) is 1. The number of hydrogen-bond acceptors (Lipinski definition) is 5. The Morgan fingerprint density at radius 1 is 1.04 bits per heavy atom. The van der Waals surface area contributed by atoms with Crippen molar-refractivity contribution >= 4 is 22.4 Å².